The van der Waals surface area contributed by atoms with Crippen molar-refractivity contribution in [1.29, 1.82) is 5.41 Å². The lowest BCUT2D eigenvalue weighted by molar-refractivity contribution is 0.651. The number of nitrogen functional groups attached to an aromatic ring is 1. The van der Waals surface area contributed by atoms with Gasteiger partial charge in [0.25, 0.3) is 0 Å². The quantitative estimate of drug-likeness (QED) is 0.654. The van der Waals surface area contributed by atoms with Gasteiger partial charge in [-0.05, 0) is 12.1 Å². The minimum absolute atomic E-state index is 0.00476. The SMILES string of the molecule is N=C(N)c1ccc(N2CCN(c3nccs3)CC2)cn1. The van der Waals surface area contributed by atoms with Crippen LogP contribution in [0.3, 0.4) is 0 Å². The predicted octanol–water partition coefficient (Wildman–Crippen LogP) is 1.15. The van der Waals surface area contributed by atoms with Crippen LogP contribution in [-0.4, -0.2) is 42.0 Å². The van der Waals surface area contributed by atoms with Crippen molar-refractivity contribution in [3.05, 3.63) is 35.6 Å². The Morgan fingerprint density at radius 2 is 1.90 bits per heavy atom. The molecular weight excluding hydrogens is 272 g/mol. The van der Waals surface area contributed by atoms with Crippen molar-refractivity contribution in [3.63, 3.8) is 0 Å². The van der Waals surface area contributed by atoms with E-state index in [-0.39, 0.29) is 5.84 Å². The molecule has 0 aromatic carbocycles. The van der Waals surface area contributed by atoms with Crippen molar-refractivity contribution in [2.45, 2.75) is 0 Å². The number of nitrogens with zero attached hydrogens (tertiary/aromatic N) is 4. The Hall–Kier alpha value is -2.15. The Bertz CT molecular complexity index is 571. The van der Waals surface area contributed by atoms with Crippen molar-refractivity contribution < 1.29 is 0 Å². The molecule has 3 N–H and O–H groups in total. The Labute approximate surface area is 121 Å². The second-order valence-electron chi connectivity index (χ2n) is 4.60. The van der Waals surface area contributed by atoms with E-state index in [1.54, 1.807) is 23.6 Å². The number of piperazine rings is 1. The van der Waals surface area contributed by atoms with Gasteiger partial charge in [-0.15, -0.1) is 11.3 Å². The van der Waals surface area contributed by atoms with Crippen LogP contribution in [0.2, 0.25) is 0 Å². The van der Waals surface area contributed by atoms with Gasteiger partial charge in [0, 0.05) is 37.8 Å². The highest BCUT2D eigenvalue weighted by molar-refractivity contribution is 7.13. The van der Waals surface area contributed by atoms with Crippen LogP contribution in [0.1, 0.15) is 5.69 Å². The molecule has 1 aliphatic rings. The zero-order chi connectivity index (χ0) is 13.9. The van der Waals surface area contributed by atoms with Crippen LogP contribution in [-0.2, 0) is 0 Å². The highest BCUT2D eigenvalue weighted by Crippen LogP contribution is 2.21. The standard InChI is InChI=1S/C13H16N6S/c14-12(15)11-2-1-10(9-17-11)18-4-6-19(7-5-18)13-16-3-8-20-13/h1-3,8-9H,4-7H2,(H3,14,15). The average Bonchev–Trinajstić information content (AvgIpc) is 3.02. The van der Waals surface area contributed by atoms with E-state index in [1.165, 1.54) is 0 Å². The molecule has 2 aromatic rings. The first-order valence-corrected chi connectivity index (χ1v) is 7.32. The number of thiazole rings is 1. The molecule has 0 saturated carbocycles. The molecule has 3 heterocycles. The summed E-state index contributed by atoms with van der Waals surface area (Å²) >= 11 is 1.68. The average molecular weight is 288 g/mol. The largest absolute Gasteiger partial charge is 0.382 e. The van der Waals surface area contributed by atoms with Crippen molar-refractivity contribution in [1.82, 2.24) is 9.97 Å². The molecule has 0 radical (unpaired) electrons. The number of hydrogen-bond donors (Lipinski definition) is 2. The van der Waals surface area contributed by atoms with Crippen molar-refractivity contribution in [3.8, 4) is 0 Å². The van der Waals surface area contributed by atoms with Gasteiger partial charge < -0.3 is 15.5 Å². The fourth-order valence-corrected chi connectivity index (χ4v) is 2.96. The topological polar surface area (TPSA) is 82.1 Å². The summed E-state index contributed by atoms with van der Waals surface area (Å²) in [6.45, 7) is 3.81. The molecular formula is C13H16N6S. The predicted molar refractivity (Wildman–Crippen MR) is 81.8 cm³/mol. The number of nitrogens with one attached hydrogen (secondary N) is 1. The van der Waals surface area contributed by atoms with Gasteiger partial charge in [-0.1, -0.05) is 0 Å². The monoisotopic (exact) mass is 288 g/mol. The smallest absolute Gasteiger partial charge is 0.185 e. The van der Waals surface area contributed by atoms with Crippen LogP contribution in [0.15, 0.2) is 29.9 Å². The first kappa shape index (κ1) is 12.9. The zero-order valence-electron chi connectivity index (χ0n) is 11.0. The summed E-state index contributed by atoms with van der Waals surface area (Å²) < 4.78 is 0. The number of hydrogen-bond acceptors (Lipinski definition) is 6. The van der Waals surface area contributed by atoms with Crippen LogP contribution in [0.4, 0.5) is 10.8 Å². The highest BCUT2D eigenvalue weighted by Gasteiger charge is 2.19. The summed E-state index contributed by atoms with van der Waals surface area (Å²) in [7, 11) is 0. The number of nitrogens with two attached hydrogens (primary N) is 1. The molecule has 0 unspecified atom stereocenters. The molecule has 1 fully saturated rings. The van der Waals surface area contributed by atoms with Gasteiger partial charge in [0.15, 0.2) is 5.13 Å². The fourth-order valence-electron chi connectivity index (χ4n) is 2.26. The summed E-state index contributed by atoms with van der Waals surface area (Å²) in [6, 6.07) is 3.77. The number of pyridine rings is 1. The maximum absolute atomic E-state index is 7.35. The lowest BCUT2D eigenvalue weighted by atomic mass is 10.2. The van der Waals surface area contributed by atoms with Crippen LogP contribution in [0, 0.1) is 5.41 Å². The Balaban J connectivity index is 1.64. The molecule has 0 aliphatic carbocycles. The van der Waals surface area contributed by atoms with Gasteiger partial charge in [0.05, 0.1) is 11.9 Å². The van der Waals surface area contributed by atoms with Gasteiger partial charge in [-0.2, -0.15) is 0 Å². The van der Waals surface area contributed by atoms with Crippen molar-refractivity contribution >= 4 is 28.0 Å². The number of rotatable bonds is 3. The summed E-state index contributed by atoms with van der Waals surface area (Å²) in [4.78, 5) is 13.1. The van der Waals surface area contributed by atoms with Crippen LogP contribution >= 0.6 is 11.3 Å². The molecule has 20 heavy (non-hydrogen) atoms. The molecule has 0 amide bonds. The molecule has 1 saturated heterocycles. The molecule has 0 atom stereocenters. The van der Waals surface area contributed by atoms with Gasteiger partial charge in [-0.3, -0.25) is 10.4 Å². The van der Waals surface area contributed by atoms with E-state index in [4.69, 9.17) is 11.1 Å². The Morgan fingerprint density at radius 3 is 2.45 bits per heavy atom. The molecule has 1 aliphatic heterocycles. The maximum Gasteiger partial charge on any atom is 0.185 e. The van der Waals surface area contributed by atoms with Crippen LogP contribution < -0.4 is 15.5 Å². The molecule has 6 nitrogen and oxygen atoms in total. The van der Waals surface area contributed by atoms with Crippen molar-refractivity contribution in [2.24, 2.45) is 5.73 Å². The van der Waals surface area contributed by atoms with Gasteiger partial charge in [0.2, 0.25) is 0 Å². The first-order valence-electron chi connectivity index (χ1n) is 6.44. The van der Waals surface area contributed by atoms with E-state index >= 15 is 0 Å². The third-order valence-corrected chi connectivity index (χ3v) is 4.19. The third kappa shape index (κ3) is 2.57. The summed E-state index contributed by atoms with van der Waals surface area (Å²) in [6.07, 6.45) is 3.63. The van der Waals surface area contributed by atoms with E-state index in [0.29, 0.717) is 5.69 Å². The van der Waals surface area contributed by atoms with Gasteiger partial charge >= 0.3 is 0 Å². The molecule has 0 bridgehead atoms. The maximum atomic E-state index is 7.35. The lowest BCUT2D eigenvalue weighted by Crippen LogP contribution is -2.46. The summed E-state index contributed by atoms with van der Waals surface area (Å²) in [5, 5.41) is 10.4. The Morgan fingerprint density at radius 1 is 1.15 bits per heavy atom. The minimum atomic E-state index is 0.00476. The number of aromatic nitrogens is 2. The molecule has 3 rings (SSSR count). The minimum Gasteiger partial charge on any atom is -0.382 e. The normalized spacial score (nSPS) is 15.4. The van der Waals surface area contributed by atoms with E-state index in [0.717, 1.165) is 37.0 Å². The number of anilines is 2. The van der Waals surface area contributed by atoms with E-state index in [1.807, 2.05) is 17.6 Å². The van der Waals surface area contributed by atoms with E-state index in [9.17, 15) is 0 Å². The molecule has 0 spiro atoms. The molecule has 2 aromatic heterocycles. The van der Waals surface area contributed by atoms with E-state index < -0.39 is 0 Å². The fraction of sp³-hybridized carbons (Fsp3) is 0.308. The lowest BCUT2D eigenvalue weighted by Gasteiger charge is -2.35. The highest BCUT2D eigenvalue weighted by atomic mass is 32.1. The van der Waals surface area contributed by atoms with Gasteiger partial charge in [0.1, 0.15) is 11.5 Å². The van der Waals surface area contributed by atoms with Crippen molar-refractivity contribution in [2.75, 3.05) is 36.0 Å². The van der Waals surface area contributed by atoms with E-state index in [2.05, 4.69) is 19.8 Å². The first-order chi connectivity index (χ1) is 9.74. The van der Waals surface area contributed by atoms with Crippen LogP contribution in [0.25, 0.3) is 0 Å². The zero-order valence-corrected chi connectivity index (χ0v) is 11.8. The van der Waals surface area contributed by atoms with Crippen LogP contribution in [0.5, 0.6) is 0 Å². The Kier molecular flexibility index (Phi) is 3.51. The number of amidine groups is 1. The summed E-state index contributed by atoms with van der Waals surface area (Å²) in [5.41, 5.74) is 7.01. The second kappa shape index (κ2) is 5.46. The second-order valence-corrected chi connectivity index (χ2v) is 5.48. The summed E-state index contributed by atoms with van der Waals surface area (Å²) in [5.74, 6) is 0.00476. The third-order valence-electron chi connectivity index (χ3n) is 3.36. The molecule has 104 valence electrons. The van der Waals surface area contributed by atoms with Gasteiger partial charge in [-0.25, -0.2) is 4.98 Å². The molecule has 7 heteroatoms.